The van der Waals surface area contributed by atoms with Crippen LogP contribution < -0.4 is 4.74 Å². The molecule has 0 saturated carbocycles. The second-order valence-corrected chi connectivity index (χ2v) is 6.09. The molecule has 0 saturated heterocycles. The predicted octanol–water partition coefficient (Wildman–Crippen LogP) is 5.67. The van der Waals surface area contributed by atoms with E-state index in [1.807, 2.05) is 24.3 Å². The van der Waals surface area contributed by atoms with Crippen LogP contribution >= 0.6 is 23.2 Å². The summed E-state index contributed by atoms with van der Waals surface area (Å²) in [6.07, 6.45) is 0. The molecule has 0 heterocycles. The summed E-state index contributed by atoms with van der Waals surface area (Å²) in [5.74, 6) is 0.906. The molecule has 106 valence electrons. The van der Waals surface area contributed by atoms with Crippen LogP contribution in [-0.4, -0.2) is 0 Å². The first kappa shape index (κ1) is 15.2. The third-order valence-electron chi connectivity index (χ3n) is 3.46. The van der Waals surface area contributed by atoms with E-state index in [2.05, 4.69) is 32.9 Å². The molecule has 0 atom stereocenters. The molecule has 0 bridgehead atoms. The van der Waals surface area contributed by atoms with Crippen LogP contribution in [-0.2, 0) is 6.61 Å². The minimum Gasteiger partial charge on any atom is -0.489 e. The Morgan fingerprint density at radius 1 is 0.950 bits per heavy atom. The zero-order valence-corrected chi connectivity index (χ0v) is 13.4. The van der Waals surface area contributed by atoms with Crippen molar-refractivity contribution >= 4 is 23.2 Å². The summed E-state index contributed by atoms with van der Waals surface area (Å²) < 4.78 is 5.93. The SMILES string of the molecule is Cc1cc(C)c(OCc2ccccc2C(Cl)Cl)cc1C. The van der Waals surface area contributed by atoms with Crippen molar-refractivity contribution in [1.82, 2.24) is 0 Å². The Morgan fingerprint density at radius 2 is 1.60 bits per heavy atom. The van der Waals surface area contributed by atoms with E-state index in [4.69, 9.17) is 27.9 Å². The van der Waals surface area contributed by atoms with Crippen LogP contribution in [0.25, 0.3) is 0 Å². The molecule has 0 N–H and O–H groups in total. The molecule has 2 aromatic carbocycles. The van der Waals surface area contributed by atoms with Gasteiger partial charge in [-0.15, -0.1) is 23.2 Å². The molecule has 0 aliphatic heterocycles. The number of halogens is 2. The van der Waals surface area contributed by atoms with E-state index in [1.165, 1.54) is 11.1 Å². The summed E-state index contributed by atoms with van der Waals surface area (Å²) in [4.78, 5) is -0.532. The molecule has 2 aromatic rings. The Bertz CT molecular complexity index is 606. The van der Waals surface area contributed by atoms with Gasteiger partial charge in [0.1, 0.15) is 17.2 Å². The third kappa shape index (κ3) is 3.47. The monoisotopic (exact) mass is 308 g/mol. The fourth-order valence-corrected chi connectivity index (χ4v) is 2.55. The van der Waals surface area contributed by atoms with Crippen molar-refractivity contribution in [2.75, 3.05) is 0 Å². The number of ether oxygens (including phenoxy) is 1. The number of rotatable bonds is 4. The summed E-state index contributed by atoms with van der Waals surface area (Å²) in [6, 6.07) is 12.0. The van der Waals surface area contributed by atoms with Crippen LogP contribution in [0.2, 0.25) is 0 Å². The number of benzene rings is 2. The molecule has 3 heteroatoms. The van der Waals surface area contributed by atoms with Gasteiger partial charge in [0.25, 0.3) is 0 Å². The van der Waals surface area contributed by atoms with E-state index >= 15 is 0 Å². The normalized spacial score (nSPS) is 10.9. The van der Waals surface area contributed by atoms with E-state index < -0.39 is 4.84 Å². The Balaban J connectivity index is 2.19. The molecular formula is C17H18Cl2O. The highest BCUT2D eigenvalue weighted by atomic mass is 35.5. The summed E-state index contributed by atoms with van der Waals surface area (Å²) in [5, 5.41) is 0. The van der Waals surface area contributed by atoms with Gasteiger partial charge in [-0.3, -0.25) is 0 Å². The summed E-state index contributed by atoms with van der Waals surface area (Å²) >= 11 is 12.0. The van der Waals surface area contributed by atoms with Gasteiger partial charge in [0.05, 0.1) is 0 Å². The van der Waals surface area contributed by atoms with Gasteiger partial charge in [-0.05, 0) is 54.7 Å². The van der Waals surface area contributed by atoms with Gasteiger partial charge in [0.2, 0.25) is 0 Å². The largest absolute Gasteiger partial charge is 0.489 e. The highest BCUT2D eigenvalue weighted by molar-refractivity contribution is 6.44. The van der Waals surface area contributed by atoms with Crippen LogP contribution in [0.3, 0.4) is 0 Å². The Morgan fingerprint density at radius 3 is 2.30 bits per heavy atom. The topological polar surface area (TPSA) is 9.23 Å². The van der Waals surface area contributed by atoms with Gasteiger partial charge in [-0.25, -0.2) is 0 Å². The minimum absolute atomic E-state index is 0.468. The first-order chi connectivity index (χ1) is 9.49. The second kappa shape index (κ2) is 6.51. The van der Waals surface area contributed by atoms with Gasteiger partial charge in [0.15, 0.2) is 0 Å². The summed E-state index contributed by atoms with van der Waals surface area (Å²) in [6.45, 7) is 6.71. The first-order valence-corrected chi connectivity index (χ1v) is 7.43. The molecule has 0 unspecified atom stereocenters. The van der Waals surface area contributed by atoms with Gasteiger partial charge in [-0.2, -0.15) is 0 Å². The molecular weight excluding hydrogens is 291 g/mol. The van der Waals surface area contributed by atoms with E-state index in [0.29, 0.717) is 6.61 Å². The van der Waals surface area contributed by atoms with Crippen LogP contribution in [0.1, 0.15) is 32.7 Å². The van der Waals surface area contributed by atoms with Crippen LogP contribution in [0, 0.1) is 20.8 Å². The molecule has 0 radical (unpaired) electrons. The van der Waals surface area contributed by atoms with Crippen LogP contribution in [0.15, 0.2) is 36.4 Å². The molecule has 0 fully saturated rings. The van der Waals surface area contributed by atoms with Crippen LogP contribution in [0.5, 0.6) is 5.75 Å². The Hall–Kier alpha value is -1.18. The zero-order valence-electron chi connectivity index (χ0n) is 11.9. The lowest BCUT2D eigenvalue weighted by molar-refractivity contribution is 0.303. The van der Waals surface area contributed by atoms with Gasteiger partial charge in [-0.1, -0.05) is 30.3 Å². The van der Waals surface area contributed by atoms with Crippen molar-refractivity contribution in [3.63, 3.8) is 0 Å². The fraction of sp³-hybridized carbons (Fsp3) is 0.294. The molecule has 20 heavy (non-hydrogen) atoms. The van der Waals surface area contributed by atoms with Crippen molar-refractivity contribution < 1.29 is 4.74 Å². The fourth-order valence-electron chi connectivity index (χ4n) is 2.12. The third-order valence-corrected chi connectivity index (χ3v) is 3.93. The van der Waals surface area contributed by atoms with Gasteiger partial charge >= 0.3 is 0 Å². The molecule has 0 spiro atoms. The van der Waals surface area contributed by atoms with E-state index in [0.717, 1.165) is 22.4 Å². The molecule has 2 rings (SSSR count). The highest BCUT2D eigenvalue weighted by Gasteiger charge is 2.10. The maximum absolute atomic E-state index is 5.98. The van der Waals surface area contributed by atoms with Crippen molar-refractivity contribution in [2.24, 2.45) is 0 Å². The minimum atomic E-state index is -0.532. The van der Waals surface area contributed by atoms with Crippen molar-refractivity contribution in [3.8, 4) is 5.75 Å². The maximum atomic E-state index is 5.98. The lowest BCUT2D eigenvalue weighted by Gasteiger charge is -2.14. The van der Waals surface area contributed by atoms with Crippen molar-refractivity contribution in [2.45, 2.75) is 32.2 Å². The number of aryl methyl sites for hydroxylation is 3. The maximum Gasteiger partial charge on any atom is 0.133 e. The molecule has 0 amide bonds. The van der Waals surface area contributed by atoms with E-state index in [9.17, 15) is 0 Å². The number of hydrogen-bond donors (Lipinski definition) is 0. The zero-order chi connectivity index (χ0) is 14.7. The first-order valence-electron chi connectivity index (χ1n) is 6.55. The number of alkyl halides is 2. The molecule has 0 aliphatic carbocycles. The predicted molar refractivity (Wildman–Crippen MR) is 85.9 cm³/mol. The van der Waals surface area contributed by atoms with Crippen molar-refractivity contribution in [3.05, 3.63) is 64.2 Å². The summed E-state index contributed by atoms with van der Waals surface area (Å²) in [5.41, 5.74) is 5.56. The van der Waals surface area contributed by atoms with Crippen molar-refractivity contribution in [1.29, 1.82) is 0 Å². The average molecular weight is 309 g/mol. The highest BCUT2D eigenvalue weighted by Crippen LogP contribution is 2.29. The molecule has 0 aromatic heterocycles. The molecule has 0 aliphatic rings. The van der Waals surface area contributed by atoms with E-state index in [1.54, 1.807) is 0 Å². The second-order valence-electron chi connectivity index (χ2n) is 4.99. The summed E-state index contributed by atoms with van der Waals surface area (Å²) in [7, 11) is 0. The lowest BCUT2D eigenvalue weighted by Crippen LogP contribution is -2.01. The average Bonchev–Trinajstić information content (AvgIpc) is 2.41. The smallest absolute Gasteiger partial charge is 0.133 e. The Kier molecular flexibility index (Phi) is 4.95. The quantitative estimate of drug-likeness (QED) is 0.661. The van der Waals surface area contributed by atoms with Gasteiger partial charge < -0.3 is 4.74 Å². The van der Waals surface area contributed by atoms with Gasteiger partial charge in [0, 0.05) is 0 Å². The Labute approximate surface area is 130 Å². The van der Waals surface area contributed by atoms with E-state index in [-0.39, 0.29) is 0 Å². The number of hydrogen-bond acceptors (Lipinski definition) is 1. The standard InChI is InChI=1S/C17H18Cl2O/c1-11-8-13(3)16(9-12(11)2)20-10-14-6-4-5-7-15(14)17(18)19/h4-9,17H,10H2,1-3H3. The van der Waals surface area contributed by atoms with Crippen LogP contribution in [0.4, 0.5) is 0 Å². The molecule has 1 nitrogen and oxygen atoms in total. The lowest BCUT2D eigenvalue weighted by atomic mass is 10.1.